The van der Waals surface area contributed by atoms with Crippen LogP contribution >= 0.6 is 0 Å². The zero-order valence-electron chi connectivity index (χ0n) is 11.5. The van der Waals surface area contributed by atoms with Crippen molar-refractivity contribution in [2.45, 2.75) is 27.7 Å². The first kappa shape index (κ1) is 13.5. The molecular weight excluding hydrogens is 243 g/mol. The minimum atomic E-state index is -0.616. The van der Waals surface area contributed by atoms with E-state index in [0.29, 0.717) is 0 Å². The topological polar surface area (TPSA) is 52.9 Å². The number of amides is 1. The van der Waals surface area contributed by atoms with E-state index in [1.54, 1.807) is 12.1 Å². The monoisotopic (exact) mass is 260 g/mol. The van der Waals surface area contributed by atoms with Gasteiger partial charge in [0.25, 0.3) is 0 Å². The number of carbonyl (C=O) groups excluding carboxylic acids is 1. The number of rotatable bonds is 2. The molecule has 1 aromatic carbocycles. The lowest BCUT2D eigenvalue weighted by Gasteiger charge is -2.08. The lowest BCUT2D eigenvalue weighted by Crippen LogP contribution is -2.18. The molecule has 2 rings (SSSR count). The van der Waals surface area contributed by atoms with Crippen LogP contribution in [0.25, 0.3) is 0 Å². The second kappa shape index (κ2) is 4.06. The third-order valence-corrected chi connectivity index (χ3v) is 4.67. The van der Waals surface area contributed by atoms with Crippen molar-refractivity contribution >= 4 is 11.6 Å². The van der Waals surface area contributed by atoms with Gasteiger partial charge in [0.05, 0.1) is 5.69 Å². The fourth-order valence-corrected chi connectivity index (χ4v) is 2.80. The molecule has 0 atom stereocenters. The number of hydrogen-bond acceptors (Lipinski definition) is 2. The van der Waals surface area contributed by atoms with Crippen molar-refractivity contribution in [1.29, 1.82) is 5.26 Å². The number of carbonyl (C=O) groups is 1. The number of hydrogen-bond donors (Lipinski definition) is 1. The summed E-state index contributed by atoms with van der Waals surface area (Å²) in [5.41, 5.74) is -0.0489. The second-order valence-corrected chi connectivity index (χ2v) is 6.14. The molecule has 0 unspecified atom stereocenters. The van der Waals surface area contributed by atoms with Gasteiger partial charge in [-0.1, -0.05) is 33.8 Å². The molecule has 1 aromatic rings. The van der Waals surface area contributed by atoms with Gasteiger partial charge in [-0.05, 0) is 23.0 Å². The molecule has 1 aliphatic rings. The SMILES string of the molecule is CC1(C)C(C(=O)Nc2cccc(F)c2C#N)C1(C)C. The molecule has 0 radical (unpaired) electrons. The zero-order chi connectivity index (χ0) is 14.4. The molecule has 1 amide bonds. The van der Waals surface area contributed by atoms with Crippen LogP contribution in [-0.2, 0) is 4.79 Å². The van der Waals surface area contributed by atoms with Crippen LogP contribution < -0.4 is 5.32 Å². The fraction of sp³-hybridized carbons (Fsp3) is 0.467. The maximum Gasteiger partial charge on any atom is 0.228 e. The number of nitriles is 1. The van der Waals surface area contributed by atoms with E-state index in [2.05, 4.69) is 5.32 Å². The van der Waals surface area contributed by atoms with E-state index in [-0.39, 0.29) is 33.9 Å². The summed E-state index contributed by atoms with van der Waals surface area (Å²) in [5.74, 6) is -0.901. The molecule has 0 aliphatic heterocycles. The van der Waals surface area contributed by atoms with E-state index >= 15 is 0 Å². The largest absolute Gasteiger partial charge is 0.325 e. The van der Waals surface area contributed by atoms with E-state index in [1.807, 2.05) is 27.7 Å². The Hall–Kier alpha value is -1.89. The number of benzene rings is 1. The summed E-state index contributed by atoms with van der Waals surface area (Å²) >= 11 is 0. The van der Waals surface area contributed by atoms with Crippen LogP contribution in [-0.4, -0.2) is 5.91 Å². The standard InChI is InChI=1S/C15H17FN2O/c1-14(2)12(15(14,3)4)13(19)18-11-7-5-6-10(16)9(11)8-17/h5-7,12H,1-4H3,(H,18,19). The number of nitrogens with one attached hydrogen (secondary N) is 1. The van der Waals surface area contributed by atoms with Gasteiger partial charge < -0.3 is 5.32 Å². The molecule has 0 heterocycles. The third-order valence-electron chi connectivity index (χ3n) is 4.67. The zero-order valence-corrected chi connectivity index (χ0v) is 11.5. The lowest BCUT2D eigenvalue weighted by molar-refractivity contribution is -0.118. The first-order chi connectivity index (χ1) is 8.73. The normalized spacial score (nSPS) is 19.6. The van der Waals surface area contributed by atoms with E-state index in [0.717, 1.165) is 0 Å². The minimum absolute atomic E-state index is 0.0861. The van der Waals surface area contributed by atoms with Gasteiger partial charge in [0.2, 0.25) is 5.91 Å². The van der Waals surface area contributed by atoms with Gasteiger partial charge in [-0.2, -0.15) is 5.26 Å². The van der Waals surface area contributed by atoms with Crippen LogP contribution in [0.15, 0.2) is 18.2 Å². The van der Waals surface area contributed by atoms with Crippen LogP contribution in [0.2, 0.25) is 0 Å². The molecule has 4 heteroatoms. The molecule has 0 bridgehead atoms. The van der Waals surface area contributed by atoms with E-state index in [4.69, 9.17) is 5.26 Å². The summed E-state index contributed by atoms with van der Waals surface area (Å²) in [6.07, 6.45) is 0. The maximum absolute atomic E-state index is 13.4. The van der Waals surface area contributed by atoms with Gasteiger partial charge in [0.1, 0.15) is 17.4 Å². The average Bonchev–Trinajstić information content (AvgIpc) is 2.69. The molecule has 19 heavy (non-hydrogen) atoms. The van der Waals surface area contributed by atoms with Crippen molar-refractivity contribution in [2.75, 3.05) is 5.32 Å². The highest BCUT2D eigenvalue weighted by atomic mass is 19.1. The lowest BCUT2D eigenvalue weighted by atomic mass is 10.0. The summed E-state index contributed by atoms with van der Waals surface area (Å²) in [4.78, 5) is 12.2. The summed E-state index contributed by atoms with van der Waals surface area (Å²) in [7, 11) is 0. The van der Waals surface area contributed by atoms with Gasteiger partial charge in [0, 0.05) is 5.92 Å². The molecule has 1 fully saturated rings. The van der Waals surface area contributed by atoms with Crippen LogP contribution in [0.4, 0.5) is 10.1 Å². The molecule has 3 nitrogen and oxygen atoms in total. The Morgan fingerprint density at radius 2 is 1.89 bits per heavy atom. The van der Waals surface area contributed by atoms with Gasteiger partial charge in [0.15, 0.2) is 0 Å². The Balaban J connectivity index is 2.23. The van der Waals surface area contributed by atoms with Crippen molar-refractivity contribution in [3.63, 3.8) is 0 Å². The van der Waals surface area contributed by atoms with Gasteiger partial charge in [-0.25, -0.2) is 4.39 Å². The van der Waals surface area contributed by atoms with Gasteiger partial charge in [-0.15, -0.1) is 0 Å². The van der Waals surface area contributed by atoms with Crippen molar-refractivity contribution in [2.24, 2.45) is 16.7 Å². The Morgan fingerprint density at radius 3 is 2.37 bits per heavy atom. The van der Waals surface area contributed by atoms with Crippen molar-refractivity contribution < 1.29 is 9.18 Å². The number of nitrogens with zero attached hydrogens (tertiary/aromatic N) is 1. The average molecular weight is 260 g/mol. The van der Waals surface area contributed by atoms with Crippen molar-refractivity contribution in [3.8, 4) is 6.07 Å². The summed E-state index contributed by atoms with van der Waals surface area (Å²) < 4.78 is 13.4. The van der Waals surface area contributed by atoms with E-state index in [1.165, 1.54) is 12.1 Å². The van der Waals surface area contributed by atoms with Crippen LogP contribution in [0.1, 0.15) is 33.3 Å². The second-order valence-electron chi connectivity index (χ2n) is 6.14. The number of halogens is 1. The molecular formula is C15H17FN2O. The Kier molecular flexibility index (Phi) is 2.89. The first-order valence-electron chi connectivity index (χ1n) is 6.23. The molecule has 100 valence electrons. The molecule has 0 aromatic heterocycles. The minimum Gasteiger partial charge on any atom is -0.325 e. The maximum atomic E-state index is 13.4. The first-order valence-corrected chi connectivity index (χ1v) is 6.23. The highest BCUT2D eigenvalue weighted by Gasteiger charge is 2.68. The quantitative estimate of drug-likeness (QED) is 0.886. The molecule has 1 aliphatic carbocycles. The molecule has 1 N–H and O–H groups in total. The number of anilines is 1. The predicted octanol–water partition coefficient (Wildman–Crippen LogP) is 3.32. The smallest absolute Gasteiger partial charge is 0.228 e. The highest BCUT2D eigenvalue weighted by Crippen LogP contribution is 2.68. The van der Waals surface area contributed by atoms with Crippen LogP contribution in [0.5, 0.6) is 0 Å². The van der Waals surface area contributed by atoms with Crippen molar-refractivity contribution in [3.05, 3.63) is 29.6 Å². The fourth-order valence-electron chi connectivity index (χ4n) is 2.80. The van der Waals surface area contributed by atoms with E-state index < -0.39 is 5.82 Å². The van der Waals surface area contributed by atoms with Crippen molar-refractivity contribution in [1.82, 2.24) is 0 Å². The molecule has 0 saturated heterocycles. The van der Waals surface area contributed by atoms with Gasteiger partial charge >= 0.3 is 0 Å². The molecule has 0 spiro atoms. The third kappa shape index (κ3) is 1.90. The Labute approximate surface area is 112 Å². The predicted molar refractivity (Wildman–Crippen MR) is 70.8 cm³/mol. The Morgan fingerprint density at radius 1 is 1.32 bits per heavy atom. The molecule has 1 saturated carbocycles. The summed E-state index contributed by atoms with van der Waals surface area (Å²) in [5, 5.41) is 11.6. The van der Waals surface area contributed by atoms with Crippen LogP contribution in [0.3, 0.4) is 0 Å². The summed E-state index contributed by atoms with van der Waals surface area (Å²) in [6, 6.07) is 6.01. The van der Waals surface area contributed by atoms with Crippen LogP contribution in [0, 0.1) is 33.9 Å². The highest BCUT2D eigenvalue weighted by molar-refractivity contribution is 5.97. The Bertz CT molecular complexity index is 570. The van der Waals surface area contributed by atoms with E-state index in [9.17, 15) is 9.18 Å². The summed E-state index contributed by atoms with van der Waals surface area (Å²) in [6.45, 7) is 8.14. The van der Waals surface area contributed by atoms with Gasteiger partial charge in [-0.3, -0.25) is 4.79 Å².